The lowest BCUT2D eigenvalue weighted by molar-refractivity contribution is -0.111. The maximum Gasteiger partial charge on any atom is 0.339 e. The number of hydrogen-bond acceptors (Lipinski definition) is 7. The number of amides is 1. The molecule has 10 heteroatoms. The second-order valence-electron chi connectivity index (χ2n) is 8.29. The molecule has 0 radical (unpaired) electrons. The number of ether oxygens (including phenoxy) is 1. The molecule has 2 heterocycles. The fraction of sp³-hybridized carbons (Fsp3) is 0.0714. The number of carbonyl (C=O) groups is 1. The van der Waals surface area contributed by atoms with Gasteiger partial charge in [-0.1, -0.05) is 30.3 Å². The Bertz CT molecular complexity index is 1670. The van der Waals surface area contributed by atoms with Crippen LogP contribution in [0, 0.1) is 0 Å². The molecule has 0 aliphatic rings. The normalized spacial score (nSPS) is 11.2. The molecule has 0 saturated heterocycles. The van der Waals surface area contributed by atoms with E-state index in [9.17, 15) is 9.59 Å². The molecule has 0 bridgehead atoms. The zero-order valence-electron chi connectivity index (χ0n) is 20.5. The van der Waals surface area contributed by atoms with Crippen LogP contribution in [0.4, 0.5) is 11.5 Å². The molecule has 3 aromatic carbocycles. The number of nitrogens with zero attached hydrogens (tertiary/aromatic N) is 4. The van der Waals surface area contributed by atoms with Gasteiger partial charge in [0.25, 0.3) is 0 Å². The molecule has 0 aliphatic heterocycles. The summed E-state index contributed by atoms with van der Waals surface area (Å²) in [5.74, 6) is 1.20. The van der Waals surface area contributed by atoms with Crippen LogP contribution in [-0.4, -0.2) is 38.6 Å². The fourth-order valence-electron chi connectivity index (χ4n) is 4.00. The molecule has 0 saturated carbocycles. The van der Waals surface area contributed by atoms with Crippen molar-refractivity contribution in [3.05, 3.63) is 108 Å². The Kier molecular flexibility index (Phi) is 6.96. The molecule has 38 heavy (non-hydrogen) atoms. The Morgan fingerprint density at radius 3 is 2.47 bits per heavy atom. The van der Waals surface area contributed by atoms with Gasteiger partial charge in [0.1, 0.15) is 23.3 Å². The summed E-state index contributed by atoms with van der Waals surface area (Å²) >= 11 is 0. The van der Waals surface area contributed by atoms with Crippen molar-refractivity contribution in [1.82, 2.24) is 24.4 Å². The van der Waals surface area contributed by atoms with E-state index >= 15 is 0 Å². The highest BCUT2D eigenvalue weighted by molar-refractivity contribution is 5.99. The predicted molar refractivity (Wildman–Crippen MR) is 147 cm³/mol. The van der Waals surface area contributed by atoms with Crippen molar-refractivity contribution in [2.24, 2.45) is 0 Å². The highest BCUT2D eigenvalue weighted by Gasteiger charge is 2.20. The fourth-order valence-corrected chi connectivity index (χ4v) is 4.00. The molecule has 0 unspecified atom stereocenters. The first-order valence-electron chi connectivity index (χ1n) is 11.8. The number of likely N-dealkylation sites (N-methyl/N-ethyl adjacent to an activating group) is 1. The summed E-state index contributed by atoms with van der Waals surface area (Å²) in [5.41, 5.74) is 8.15. The van der Waals surface area contributed by atoms with Gasteiger partial charge in [0.2, 0.25) is 5.91 Å². The third-order valence-electron chi connectivity index (χ3n) is 5.69. The van der Waals surface area contributed by atoms with Gasteiger partial charge in [-0.05, 0) is 61.6 Å². The van der Waals surface area contributed by atoms with Gasteiger partial charge in [0.05, 0.1) is 11.4 Å². The molecule has 0 fully saturated rings. The average Bonchev–Trinajstić information content (AvgIpc) is 3.23. The minimum atomic E-state index is -0.388. The Labute approximate surface area is 218 Å². The molecular weight excluding hydrogens is 482 g/mol. The van der Waals surface area contributed by atoms with Gasteiger partial charge in [-0.2, -0.15) is 0 Å². The van der Waals surface area contributed by atoms with Crippen LogP contribution in [0.2, 0.25) is 0 Å². The molecule has 1 amide bonds. The van der Waals surface area contributed by atoms with Crippen LogP contribution in [0.3, 0.4) is 0 Å². The molecule has 190 valence electrons. The summed E-state index contributed by atoms with van der Waals surface area (Å²) in [6.07, 6.45) is 4.47. The van der Waals surface area contributed by atoms with Crippen LogP contribution in [0.25, 0.3) is 22.5 Å². The van der Waals surface area contributed by atoms with E-state index in [1.54, 1.807) is 61.7 Å². The van der Waals surface area contributed by atoms with Gasteiger partial charge in [-0.25, -0.2) is 19.3 Å². The molecular formula is C28H25N7O3. The Balaban J connectivity index is 1.54. The SMILES string of the molecule is CNC/C=C/C(=O)Nc1cccc(-n2c(=O)n(-c3ccc(Oc4ccccc4)cc3)c3c(N)ncnc32)c1. The van der Waals surface area contributed by atoms with Crippen LogP contribution in [-0.2, 0) is 4.79 Å². The minimum Gasteiger partial charge on any atom is -0.457 e. The summed E-state index contributed by atoms with van der Waals surface area (Å²) in [5, 5.41) is 5.75. The van der Waals surface area contributed by atoms with Crippen molar-refractivity contribution in [3.63, 3.8) is 0 Å². The summed E-state index contributed by atoms with van der Waals surface area (Å²) in [7, 11) is 1.79. The third-order valence-corrected chi connectivity index (χ3v) is 5.69. The molecule has 0 aliphatic carbocycles. The molecule has 5 aromatic rings. The number of nitrogens with two attached hydrogens (primary N) is 1. The molecule has 5 rings (SSSR count). The smallest absolute Gasteiger partial charge is 0.339 e. The maximum absolute atomic E-state index is 13.8. The number of aromatic nitrogens is 4. The molecule has 2 aromatic heterocycles. The number of imidazole rings is 1. The van der Waals surface area contributed by atoms with E-state index in [4.69, 9.17) is 10.5 Å². The van der Waals surface area contributed by atoms with Crippen LogP contribution < -0.4 is 26.8 Å². The Hall–Kier alpha value is -5.22. The number of para-hydroxylation sites is 1. The monoisotopic (exact) mass is 507 g/mol. The van der Waals surface area contributed by atoms with E-state index in [0.29, 0.717) is 46.3 Å². The number of anilines is 2. The standard InChI is InChI=1S/C28H25N7O3/c1-30-16-6-11-24(36)33-19-7-5-8-21(17-19)35-27-25(26(29)31-18-32-27)34(28(35)37)20-12-14-23(15-13-20)38-22-9-3-2-4-10-22/h2-15,17-18,30H,16H2,1H3,(H,33,36)(H2,29,31,32)/b11-6+. The largest absolute Gasteiger partial charge is 0.457 e. The number of nitrogen functional groups attached to an aromatic ring is 1. The lowest BCUT2D eigenvalue weighted by Gasteiger charge is -2.08. The lowest BCUT2D eigenvalue weighted by atomic mass is 10.2. The second-order valence-corrected chi connectivity index (χ2v) is 8.29. The Morgan fingerprint density at radius 1 is 0.947 bits per heavy atom. The topological polar surface area (TPSA) is 129 Å². The first kappa shape index (κ1) is 24.5. The van der Waals surface area contributed by atoms with Crippen molar-refractivity contribution in [1.29, 1.82) is 0 Å². The summed E-state index contributed by atoms with van der Waals surface area (Å²) in [4.78, 5) is 34.5. The number of fused-ring (bicyclic) bond motifs is 1. The van der Waals surface area contributed by atoms with E-state index in [1.165, 1.54) is 21.5 Å². The minimum absolute atomic E-state index is 0.162. The summed E-state index contributed by atoms with van der Waals surface area (Å²) in [6.45, 7) is 0.572. The zero-order chi connectivity index (χ0) is 26.5. The second kappa shape index (κ2) is 10.8. The van der Waals surface area contributed by atoms with E-state index in [-0.39, 0.29) is 17.4 Å². The number of nitrogens with one attached hydrogen (secondary N) is 2. The van der Waals surface area contributed by atoms with E-state index < -0.39 is 0 Å². The third kappa shape index (κ3) is 5.01. The highest BCUT2D eigenvalue weighted by Crippen LogP contribution is 2.26. The highest BCUT2D eigenvalue weighted by atomic mass is 16.5. The first-order chi connectivity index (χ1) is 18.5. The van der Waals surface area contributed by atoms with Crippen LogP contribution >= 0.6 is 0 Å². The number of benzene rings is 3. The predicted octanol–water partition coefficient (Wildman–Crippen LogP) is 3.66. The van der Waals surface area contributed by atoms with Crippen LogP contribution in [0.1, 0.15) is 0 Å². The molecule has 10 nitrogen and oxygen atoms in total. The summed E-state index contributed by atoms with van der Waals surface area (Å²) < 4.78 is 8.78. The van der Waals surface area contributed by atoms with Gasteiger partial charge in [-0.15, -0.1) is 0 Å². The van der Waals surface area contributed by atoms with Crippen LogP contribution in [0.5, 0.6) is 11.5 Å². The van der Waals surface area contributed by atoms with Gasteiger partial charge >= 0.3 is 5.69 Å². The van der Waals surface area contributed by atoms with Gasteiger partial charge < -0.3 is 21.1 Å². The molecule has 0 atom stereocenters. The van der Waals surface area contributed by atoms with E-state index in [0.717, 1.165) is 0 Å². The van der Waals surface area contributed by atoms with Crippen molar-refractivity contribution < 1.29 is 9.53 Å². The number of rotatable bonds is 8. The Morgan fingerprint density at radius 2 is 1.71 bits per heavy atom. The number of hydrogen-bond donors (Lipinski definition) is 3. The van der Waals surface area contributed by atoms with Gasteiger partial charge in [0.15, 0.2) is 11.5 Å². The lowest BCUT2D eigenvalue weighted by Crippen LogP contribution is -2.22. The average molecular weight is 508 g/mol. The number of carbonyl (C=O) groups excluding carboxylic acids is 1. The van der Waals surface area contributed by atoms with Crippen molar-refractivity contribution in [2.75, 3.05) is 24.6 Å². The van der Waals surface area contributed by atoms with Crippen molar-refractivity contribution in [3.8, 4) is 22.9 Å². The van der Waals surface area contributed by atoms with Crippen molar-refractivity contribution in [2.45, 2.75) is 0 Å². The van der Waals surface area contributed by atoms with Gasteiger partial charge in [0, 0.05) is 18.3 Å². The zero-order valence-corrected chi connectivity index (χ0v) is 20.5. The molecule has 4 N–H and O–H groups in total. The van der Waals surface area contributed by atoms with E-state index in [1.807, 2.05) is 30.3 Å². The maximum atomic E-state index is 13.8. The van der Waals surface area contributed by atoms with Crippen LogP contribution in [0.15, 0.2) is 102 Å². The van der Waals surface area contributed by atoms with Gasteiger partial charge in [-0.3, -0.25) is 9.36 Å². The molecule has 0 spiro atoms. The first-order valence-corrected chi connectivity index (χ1v) is 11.8. The van der Waals surface area contributed by atoms with E-state index in [2.05, 4.69) is 20.6 Å². The quantitative estimate of drug-likeness (QED) is 0.273. The summed E-state index contributed by atoms with van der Waals surface area (Å²) in [6, 6.07) is 23.4. The van der Waals surface area contributed by atoms with Crippen molar-refractivity contribution >= 4 is 28.6 Å².